The minimum atomic E-state index is -0.947. The number of likely N-dealkylation sites (tertiary alicyclic amines) is 1. The average Bonchev–Trinajstić information content (AvgIpc) is 3.14. The van der Waals surface area contributed by atoms with Crippen molar-refractivity contribution in [1.82, 2.24) is 9.32 Å². The molecule has 1 heterocycles. The van der Waals surface area contributed by atoms with Crippen molar-refractivity contribution in [2.45, 2.75) is 57.8 Å². The fourth-order valence-corrected chi connectivity index (χ4v) is 4.34. The number of unbranched alkanes of at least 4 members (excludes halogenated alkanes) is 1. The SMILES string of the molecule is COCCCCOc1ccccc1C(=O)N(Cl)C[C@@H](C[C@H](N)[C@@H](O)CN1CC(O)CC1=O)C(C)C. The van der Waals surface area contributed by atoms with E-state index < -0.39 is 18.2 Å². The van der Waals surface area contributed by atoms with Crippen molar-refractivity contribution >= 4 is 23.6 Å². The Morgan fingerprint density at radius 3 is 2.60 bits per heavy atom. The molecule has 1 aromatic rings. The van der Waals surface area contributed by atoms with Gasteiger partial charge in [0, 0.05) is 51.2 Å². The molecule has 1 saturated heterocycles. The highest BCUT2D eigenvalue weighted by molar-refractivity contribution is 6.24. The van der Waals surface area contributed by atoms with Gasteiger partial charge in [-0.3, -0.25) is 14.0 Å². The molecular formula is C25H40ClN3O6. The molecule has 0 bridgehead atoms. The van der Waals surface area contributed by atoms with Crippen LogP contribution >= 0.6 is 11.8 Å². The van der Waals surface area contributed by atoms with Crippen molar-refractivity contribution in [3.8, 4) is 5.75 Å². The third-order valence-electron chi connectivity index (χ3n) is 6.35. The van der Waals surface area contributed by atoms with Gasteiger partial charge >= 0.3 is 0 Å². The van der Waals surface area contributed by atoms with E-state index in [0.29, 0.717) is 30.9 Å². The summed E-state index contributed by atoms with van der Waals surface area (Å²) in [4.78, 5) is 26.5. The Bertz CT molecular complexity index is 811. The molecule has 198 valence electrons. The van der Waals surface area contributed by atoms with Gasteiger partial charge in [-0.2, -0.15) is 0 Å². The van der Waals surface area contributed by atoms with Crippen LogP contribution in [0.3, 0.4) is 0 Å². The lowest BCUT2D eigenvalue weighted by atomic mass is 9.87. The largest absolute Gasteiger partial charge is 0.493 e. The Labute approximate surface area is 213 Å². The van der Waals surface area contributed by atoms with Crippen molar-refractivity contribution in [1.29, 1.82) is 0 Å². The smallest absolute Gasteiger partial charge is 0.271 e. The van der Waals surface area contributed by atoms with Gasteiger partial charge in [0.2, 0.25) is 5.91 Å². The molecule has 4 N–H and O–H groups in total. The summed E-state index contributed by atoms with van der Waals surface area (Å²) < 4.78 is 12.0. The number of carbonyl (C=O) groups excluding carboxylic acids is 2. The molecule has 2 rings (SSSR count). The lowest BCUT2D eigenvalue weighted by Crippen LogP contribution is -2.46. The van der Waals surface area contributed by atoms with E-state index in [0.717, 1.165) is 17.3 Å². The van der Waals surface area contributed by atoms with Crippen molar-refractivity contribution in [2.75, 3.05) is 40.0 Å². The maximum atomic E-state index is 13.1. The van der Waals surface area contributed by atoms with E-state index in [1.807, 2.05) is 13.8 Å². The van der Waals surface area contributed by atoms with E-state index >= 15 is 0 Å². The first-order valence-electron chi connectivity index (χ1n) is 12.2. The first-order chi connectivity index (χ1) is 16.6. The summed E-state index contributed by atoms with van der Waals surface area (Å²) in [5.74, 6) is -0.0176. The number of ether oxygens (including phenoxy) is 2. The summed E-state index contributed by atoms with van der Waals surface area (Å²) in [6.45, 7) is 5.65. The standard InChI is InChI=1S/C25H40ClN3O6/c1-17(2)18(12-21(27)22(31)16-28-15-19(30)13-24(28)32)14-29(26)25(33)20-8-4-5-9-23(20)35-11-7-6-10-34-3/h4-5,8-9,17-19,21-22,30-31H,6-7,10-16,27H2,1-3H3/t18-,19?,21+,22+/m1/s1. The molecule has 4 atom stereocenters. The zero-order chi connectivity index (χ0) is 26.0. The number of hydrogen-bond acceptors (Lipinski definition) is 7. The molecule has 0 spiro atoms. The van der Waals surface area contributed by atoms with Gasteiger partial charge in [-0.25, -0.2) is 0 Å². The normalized spacial score (nSPS) is 18.6. The summed E-state index contributed by atoms with van der Waals surface area (Å²) in [6.07, 6.45) is 0.497. The molecule has 1 aliphatic rings. The topological polar surface area (TPSA) is 126 Å². The summed E-state index contributed by atoms with van der Waals surface area (Å²) in [5.41, 5.74) is 6.65. The minimum Gasteiger partial charge on any atom is -0.493 e. The van der Waals surface area contributed by atoms with Crippen LogP contribution in [-0.2, 0) is 9.53 Å². The fourth-order valence-electron chi connectivity index (χ4n) is 4.07. The second kappa shape index (κ2) is 14.6. The number of aliphatic hydroxyl groups is 2. The molecule has 1 fully saturated rings. The van der Waals surface area contributed by atoms with Crippen LogP contribution < -0.4 is 10.5 Å². The number of β-amino-alcohol motifs (C(OH)–C–C–N with tert-alkyl or cyclic N) is 2. The number of para-hydroxylation sites is 1. The maximum Gasteiger partial charge on any atom is 0.271 e. The monoisotopic (exact) mass is 513 g/mol. The summed E-state index contributed by atoms with van der Waals surface area (Å²) in [7, 11) is 1.65. The molecule has 0 aliphatic carbocycles. The number of methoxy groups -OCH3 is 1. The third-order valence-corrected chi connectivity index (χ3v) is 6.64. The van der Waals surface area contributed by atoms with Crippen LogP contribution in [0.4, 0.5) is 0 Å². The quantitative estimate of drug-likeness (QED) is 0.242. The van der Waals surface area contributed by atoms with Gasteiger partial charge in [0.25, 0.3) is 5.91 Å². The lowest BCUT2D eigenvalue weighted by molar-refractivity contribution is -0.129. The average molecular weight is 514 g/mol. The Hall–Kier alpha value is -1.91. The van der Waals surface area contributed by atoms with Crippen LogP contribution in [0, 0.1) is 11.8 Å². The van der Waals surface area contributed by atoms with E-state index in [2.05, 4.69) is 0 Å². The van der Waals surface area contributed by atoms with Gasteiger partial charge in [0.15, 0.2) is 0 Å². The first kappa shape index (κ1) is 29.3. The predicted octanol–water partition coefficient (Wildman–Crippen LogP) is 2.03. The lowest BCUT2D eigenvalue weighted by Gasteiger charge is -2.30. The maximum absolute atomic E-state index is 13.1. The zero-order valence-electron chi connectivity index (χ0n) is 20.9. The first-order valence-corrected chi connectivity index (χ1v) is 12.6. The second-order valence-electron chi connectivity index (χ2n) is 9.52. The second-order valence-corrected chi connectivity index (χ2v) is 9.93. The Morgan fingerprint density at radius 2 is 1.97 bits per heavy atom. The molecule has 2 amide bonds. The van der Waals surface area contributed by atoms with E-state index in [4.69, 9.17) is 27.0 Å². The van der Waals surface area contributed by atoms with Gasteiger partial charge in [-0.1, -0.05) is 26.0 Å². The number of benzene rings is 1. The number of halogens is 1. The van der Waals surface area contributed by atoms with Crippen molar-refractivity contribution in [3.63, 3.8) is 0 Å². The van der Waals surface area contributed by atoms with Crippen molar-refractivity contribution in [3.05, 3.63) is 29.8 Å². The van der Waals surface area contributed by atoms with Crippen LogP contribution in [0.15, 0.2) is 24.3 Å². The van der Waals surface area contributed by atoms with Gasteiger partial charge < -0.3 is 30.3 Å². The highest BCUT2D eigenvalue weighted by Crippen LogP contribution is 2.25. The van der Waals surface area contributed by atoms with Gasteiger partial charge in [-0.05, 0) is 43.2 Å². The fraction of sp³-hybridized carbons (Fsp3) is 0.680. The Morgan fingerprint density at radius 1 is 1.29 bits per heavy atom. The van der Waals surface area contributed by atoms with Gasteiger partial charge in [0.05, 0.1) is 30.8 Å². The summed E-state index contributed by atoms with van der Waals surface area (Å²) in [6, 6.07) is 6.39. The van der Waals surface area contributed by atoms with E-state index in [9.17, 15) is 19.8 Å². The zero-order valence-corrected chi connectivity index (χ0v) is 21.7. The number of amides is 2. The predicted molar refractivity (Wildman–Crippen MR) is 134 cm³/mol. The highest BCUT2D eigenvalue weighted by atomic mass is 35.5. The van der Waals surface area contributed by atoms with Crippen LogP contribution in [0.1, 0.15) is 49.9 Å². The molecular weight excluding hydrogens is 474 g/mol. The van der Waals surface area contributed by atoms with Crippen LogP contribution in [-0.4, -0.2) is 89.6 Å². The molecule has 0 radical (unpaired) electrons. The Kier molecular flexibility index (Phi) is 12.2. The Balaban J connectivity index is 1.95. The molecule has 1 aliphatic heterocycles. The summed E-state index contributed by atoms with van der Waals surface area (Å²) >= 11 is 6.44. The summed E-state index contributed by atoms with van der Waals surface area (Å²) in [5, 5.41) is 20.2. The molecule has 1 aromatic carbocycles. The number of aliphatic hydroxyl groups excluding tert-OH is 2. The number of nitrogens with zero attached hydrogens (tertiary/aromatic N) is 2. The van der Waals surface area contributed by atoms with Crippen molar-refractivity contribution < 1.29 is 29.3 Å². The molecule has 0 aromatic heterocycles. The van der Waals surface area contributed by atoms with Gasteiger partial charge in [-0.15, -0.1) is 0 Å². The highest BCUT2D eigenvalue weighted by Gasteiger charge is 2.32. The molecule has 0 saturated carbocycles. The number of hydrogen-bond donors (Lipinski definition) is 3. The van der Waals surface area contributed by atoms with Crippen LogP contribution in [0.25, 0.3) is 0 Å². The van der Waals surface area contributed by atoms with E-state index in [-0.39, 0.29) is 49.7 Å². The number of rotatable bonds is 15. The molecule has 35 heavy (non-hydrogen) atoms. The molecule has 1 unspecified atom stereocenters. The van der Waals surface area contributed by atoms with Crippen LogP contribution in [0.2, 0.25) is 0 Å². The molecule has 9 nitrogen and oxygen atoms in total. The minimum absolute atomic E-state index is 0.0677. The molecule has 10 heteroatoms. The van der Waals surface area contributed by atoms with Crippen molar-refractivity contribution in [2.24, 2.45) is 17.6 Å². The van der Waals surface area contributed by atoms with E-state index in [1.54, 1.807) is 31.4 Å². The third kappa shape index (κ3) is 9.24. The number of nitrogens with two attached hydrogens (primary N) is 1. The number of carbonyl (C=O) groups is 2. The van der Waals surface area contributed by atoms with E-state index in [1.165, 1.54) is 4.90 Å². The van der Waals surface area contributed by atoms with Crippen LogP contribution in [0.5, 0.6) is 5.75 Å². The van der Waals surface area contributed by atoms with Gasteiger partial charge in [0.1, 0.15) is 5.75 Å².